The monoisotopic (exact) mass is 158 g/mol. The Bertz CT molecular complexity index is 103. The number of aliphatic hydroxyl groups is 1. The summed E-state index contributed by atoms with van der Waals surface area (Å²) in [5.74, 6) is 4.86. The molecule has 1 unspecified atom stereocenters. The van der Waals surface area contributed by atoms with Gasteiger partial charge >= 0.3 is 6.18 Å². The van der Waals surface area contributed by atoms with E-state index in [1.165, 1.54) is 7.05 Å². The van der Waals surface area contributed by atoms with Crippen molar-refractivity contribution in [3.8, 4) is 0 Å². The summed E-state index contributed by atoms with van der Waals surface area (Å²) in [7, 11) is 1.25. The Hall–Kier alpha value is -0.330. The van der Waals surface area contributed by atoms with Crippen LogP contribution in [0.15, 0.2) is 0 Å². The average molecular weight is 158 g/mol. The molecule has 0 aliphatic rings. The molecule has 62 valence electrons. The molecule has 0 heterocycles. The van der Waals surface area contributed by atoms with E-state index in [0.717, 1.165) is 5.01 Å². The van der Waals surface area contributed by atoms with Gasteiger partial charge in [0.25, 0.3) is 0 Å². The molecule has 0 saturated carbocycles. The Morgan fingerprint density at radius 3 is 2.10 bits per heavy atom. The lowest BCUT2D eigenvalue weighted by Gasteiger charge is -2.17. The number of likely N-dealkylation sites (N-methyl/N-ethyl adjacent to an activating group) is 1. The number of rotatable bonds is 2. The zero-order valence-corrected chi connectivity index (χ0v) is 5.39. The summed E-state index contributed by atoms with van der Waals surface area (Å²) in [6.07, 6.45) is -6.93. The predicted octanol–water partition coefficient (Wildman–Crippen LogP) is -0.285. The van der Waals surface area contributed by atoms with Gasteiger partial charge in [-0.25, -0.2) is 5.01 Å². The maximum absolute atomic E-state index is 11.5. The van der Waals surface area contributed by atoms with Crippen LogP contribution in [0.2, 0.25) is 0 Å². The predicted molar refractivity (Wildman–Crippen MR) is 28.9 cm³/mol. The van der Waals surface area contributed by atoms with E-state index in [-0.39, 0.29) is 0 Å². The maximum Gasteiger partial charge on any atom is 0.415 e. The lowest BCUT2D eigenvalue weighted by atomic mass is 10.3. The average Bonchev–Trinajstić information content (AvgIpc) is 1.60. The molecule has 0 fully saturated rings. The number of alkyl halides is 3. The van der Waals surface area contributed by atoms with Gasteiger partial charge in [0.15, 0.2) is 6.10 Å². The standard InChI is InChI=1S/C4H9F3N2O/c1-9(8)2-3(10)4(5,6)7/h3,10H,2,8H2,1H3. The summed E-state index contributed by atoms with van der Waals surface area (Å²) >= 11 is 0. The fourth-order valence-corrected chi connectivity index (χ4v) is 0.376. The summed E-state index contributed by atoms with van der Waals surface area (Å²) in [6.45, 7) is -0.608. The molecule has 3 N–H and O–H groups in total. The van der Waals surface area contributed by atoms with E-state index in [2.05, 4.69) is 0 Å². The van der Waals surface area contributed by atoms with E-state index in [1.807, 2.05) is 0 Å². The van der Waals surface area contributed by atoms with Gasteiger partial charge in [-0.1, -0.05) is 0 Å². The first-order valence-electron chi connectivity index (χ1n) is 2.54. The van der Waals surface area contributed by atoms with Crippen LogP contribution in [0.1, 0.15) is 0 Å². The second-order valence-corrected chi connectivity index (χ2v) is 2.00. The number of hydrogen-bond donors (Lipinski definition) is 2. The zero-order chi connectivity index (χ0) is 8.36. The van der Waals surface area contributed by atoms with Gasteiger partial charge in [-0.05, 0) is 0 Å². The van der Waals surface area contributed by atoms with Gasteiger partial charge in [0.2, 0.25) is 0 Å². The minimum Gasteiger partial charge on any atom is -0.382 e. The van der Waals surface area contributed by atoms with Gasteiger partial charge < -0.3 is 5.11 Å². The lowest BCUT2D eigenvalue weighted by molar-refractivity contribution is -0.207. The first kappa shape index (κ1) is 9.67. The van der Waals surface area contributed by atoms with Gasteiger partial charge in [0, 0.05) is 13.6 Å². The van der Waals surface area contributed by atoms with Crippen molar-refractivity contribution >= 4 is 0 Å². The van der Waals surface area contributed by atoms with Crippen molar-refractivity contribution in [1.82, 2.24) is 5.01 Å². The fourth-order valence-electron chi connectivity index (χ4n) is 0.376. The van der Waals surface area contributed by atoms with Gasteiger partial charge in [0.05, 0.1) is 0 Å². The van der Waals surface area contributed by atoms with Crippen LogP contribution in [0.5, 0.6) is 0 Å². The molecule has 0 radical (unpaired) electrons. The smallest absolute Gasteiger partial charge is 0.382 e. The molecule has 0 aromatic heterocycles. The zero-order valence-electron chi connectivity index (χ0n) is 5.39. The van der Waals surface area contributed by atoms with Crippen molar-refractivity contribution < 1.29 is 18.3 Å². The van der Waals surface area contributed by atoms with Gasteiger partial charge in [0.1, 0.15) is 0 Å². The molecule has 0 amide bonds. The van der Waals surface area contributed by atoms with Crippen molar-refractivity contribution in [2.24, 2.45) is 5.84 Å². The van der Waals surface area contributed by atoms with Gasteiger partial charge in [-0.2, -0.15) is 13.2 Å². The van der Waals surface area contributed by atoms with Crippen molar-refractivity contribution in [3.05, 3.63) is 0 Å². The molecule has 0 aliphatic heterocycles. The molecule has 1 atom stereocenters. The summed E-state index contributed by atoms with van der Waals surface area (Å²) < 4.78 is 34.4. The molecular weight excluding hydrogens is 149 g/mol. The quantitative estimate of drug-likeness (QED) is 0.429. The number of aliphatic hydroxyl groups excluding tert-OH is 1. The third kappa shape index (κ3) is 3.65. The van der Waals surface area contributed by atoms with Crippen LogP contribution < -0.4 is 5.84 Å². The molecule has 3 nitrogen and oxygen atoms in total. The molecule has 0 aliphatic carbocycles. The third-order valence-electron chi connectivity index (χ3n) is 0.839. The number of hydrogen-bond acceptors (Lipinski definition) is 3. The number of nitrogens with two attached hydrogens (primary N) is 1. The van der Waals surface area contributed by atoms with E-state index >= 15 is 0 Å². The van der Waals surface area contributed by atoms with Crippen LogP contribution in [-0.2, 0) is 0 Å². The topological polar surface area (TPSA) is 49.5 Å². The fraction of sp³-hybridized carbons (Fsp3) is 1.00. The van der Waals surface area contributed by atoms with Crippen molar-refractivity contribution in [3.63, 3.8) is 0 Å². The van der Waals surface area contributed by atoms with Crippen LogP contribution >= 0.6 is 0 Å². The second-order valence-electron chi connectivity index (χ2n) is 2.00. The Morgan fingerprint density at radius 1 is 1.60 bits per heavy atom. The lowest BCUT2D eigenvalue weighted by Crippen LogP contribution is -2.42. The summed E-state index contributed by atoms with van der Waals surface area (Å²) in [5.41, 5.74) is 0. The molecular formula is C4H9F3N2O. The van der Waals surface area contributed by atoms with E-state index in [9.17, 15) is 13.2 Å². The van der Waals surface area contributed by atoms with Crippen molar-refractivity contribution in [2.45, 2.75) is 12.3 Å². The molecule has 0 rings (SSSR count). The number of halogens is 3. The minimum absolute atomic E-state index is 0.608. The van der Waals surface area contributed by atoms with Crippen LogP contribution in [-0.4, -0.2) is 36.0 Å². The van der Waals surface area contributed by atoms with E-state index in [1.54, 1.807) is 0 Å². The molecule has 0 saturated heterocycles. The Kier molecular flexibility index (Phi) is 3.07. The van der Waals surface area contributed by atoms with E-state index in [0.29, 0.717) is 0 Å². The molecule has 0 spiro atoms. The molecule has 6 heteroatoms. The van der Waals surface area contributed by atoms with Crippen molar-refractivity contribution in [2.75, 3.05) is 13.6 Å². The first-order chi connectivity index (χ1) is 4.34. The normalized spacial score (nSPS) is 15.9. The Morgan fingerprint density at radius 2 is 2.00 bits per heavy atom. The first-order valence-corrected chi connectivity index (χ1v) is 2.54. The highest BCUT2D eigenvalue weighted by atomic mass is 19.4. The van der Waals surface area contributed by atoms with Gasteiger partial charge in [-0.3, -0.25) is 5.84 Å². The third-order valence-corrected chi connectivity index (χ3v) is 0.839. The number of hydrazine groups is 1. The van der Waals surface area contributed by atoms with Crippen LogP contribution in [0.4, 0.5) is 13.2 Å². The highest BCUT2D eigenvalue weighted by Crippen LogP contribution is 2.19. The highest BCUT2D eigenvalue weighted by molar-refractivity contribution is 4.66. The van der Waals surface area contributed by atoms with Crippen LogP contribution in [0, 0.1) is 0 Å². The molecule has 0 aromatic rings. The van der Waals surface area contributed by atoms with E-state index in [4.69, 9.17) is 10.9 Å². The summed E-state index contributed by atoms with van der Waals surface area (Å²) in [6, 6.07) is 0. The van der Waals surface area contributed by atoms with Crippen LogP contribution in [0.3, 0.4) is 0 Å². The van der Waals surface area contributed by atoms with Crippen LogP contribution in [0.25, 0.3) is 0 Å². The second kappa shape index (κ2) is 3.18. The van der Waals surface area contributed by atoms with Crippen molar-refractivity contribution in [1.29, 1.82) is 0 Å². The SMILES string of the molecule is CN(N)CC(O)C(F)(F)F. The maximum atomic E-state index is 11.5. The molecule has 0 aromatic carbocycles. The summed E-state index contributed by atoms with van der Waals surface area (Å²) in [5, 5.41) is 9.09. The number of nitrogens with zero attached hydrogens (tertiary/aromatic N) is 1. The Labute approximate surface area is 56.2 Å². The highest BCUT2D eigenvalue weighted by Gasteiger charge is 2.38. The summed E-state index contributed by atoms with van der Waals surface area (Å²) in [4.78, 5) is 0. The Balaban J connectivity index is 3.73. The van der Waals surface area contributed by atoms with Gasteiger partial charge in [-0.15, -0.1) is 0 Å². The minimum atomic E-state index is -4.58. The molecule has 10 heavy (non-hydrogen) atoms. The largest absolute Gasteiger partial charge is 0.415 e. The van der Waals surface area contributed by atoms with E-state index < -0.39 is 18.8 Å². The molecule has 0 bridgehead atoms.